The fourth-order valence-corrected chi connectivity index (χ4v) is 2.77. The summed E-state index contributed by atoms with van der Waals surface area (Å²) in [5.74, 6) is 0.467. The van der Waals surface area contributed by atoms with Gasteiger partial charge in [0.1, 0.15) is 11.4 Å². The first-order valence-electron chi connectivity index (χ1n) is 7.63. The third kappa shape index (κ3) is 5.90. The lowest BCUT2D eigenvalue weighted by Crippen LogP contribution is -2.27. The molecule has 0 radical (unpaired) electrons. The predicted octanol–water partition coefficient (Wildman–Crippen LogP) is 4.66. The SMILES string of the molecule is CCc1ccc(CNc2ccc(NC(=O)OC(C)(C)C)nc2)s1. The van der Waals surface area contributed by atoms with Gasteiger partial charge in [0, 0.05) is 16.3 Å². The van der Waals surface area contributed by atoms with Crippen LogP contribution in [0.5, 0.6) is 0 Å². The molecule has 2 heterocycles. The lowest BCUT2D eigenvalue weighted by Gasteiger charge is -2.19. The number of hydrogen-bond acceptors (Lipinski definition) is 5. The molecule has 124 valence electrons. The van der Waals surface area contributed by atoms with Crippen LogP contribution in [0.2, 0.25) is 0 Å². The standard InChI is InChI=1S/C17H23N3O2S/c1-5-13-7-8-14(23-13)11-18-12-6-9-15(19-10-12)20-16(21)22-17(2,3)4/h6-10,18H,5,11H2,1-4H3,(H,19,20,21). The molecule has 2 aromatic heterocycles. The summed E-state index contributed by atoms with van der Waals surface area (Å²) in [4.78, 5) is 18.6. The highest BCUT2D eigenvalue weighted by molar-refractivity contribution is 7.12. The number of aromatic nitrogens is 1. The molecule has 0 saturated heterocycles. The van der Waals surface area contributed by atoms with Crippen molar-refractivity contribution in [1.29, 1.82) is 0 Å². The Morgan fingerprint density at radius 3 is 2.52 bits per heavy atom. The molecule has 0 atom stereocenters. The minimum absolute atomic E-state index is 0.467. The Balaban J connectivity index is 1.85. The third-order valence-corrected chi connectivity index (χ3v) is 4.15. The van der Waals surface area contributed by atoms with Gasteiger partial charge in [0.2, 0.25) is 0 Å². The van der Waals surface area contributed by atoms with E-state index in [2.05, 4.69) is 34.7 Å². The monoisotopic (exact) mass is 333 g/mol. The van der Waals surface area contributed by atoms with Crippen molar-refractivity contribution in [3.8, 4) is 0 Å². The van der Waals surface area contributed by atoms with Crippen LogP contribution in [0.15, 0.2) is 30.5 Å². The normalized spacial score (nSPS) is 11.1. The summed E-state index contributed by atoms with van der Waals surface area (Å²) in [6, 6.07) is 7.93. The number of nitrogens with zero attached hydrogens (tertiary/aromatic N) is 1. The zero-order valence-electron chi connectivity index (χ0n) is 14.0. The van der Waals surface area contributed by atoms with Crippen LogP contribution in [0, 0.1) is 0 Å². The number of hydrogen-bond donors (Lipinski definition) is 2. The molecule has 0 aliphatic carbocycles. The minimum Gasteiger partial charge on any atom is -0.444 e. The second-order valence-electron chi connectivity index (χ2n) is 6.13. The number of anilines is 2. The maximum Gasteiger partial charge on any atom is 0.413 e. The molecule has 0 aliphatic heterocycles. The largest absolute Gasteiger partial charge is 0.444 e. The molecular formula is C17H23N3O2S. The molecule has 2 aromatic rings. The Hall–Kier alpha value is -2.08. The first-order valence-corrected chi connectivity index (χ1v) is 8.45. The van der Waals surface area contributed by atoms with E-state index >= 15 is 0 Å². The quantitative estimate of drug-likeness (QED) is 0.835. The molecule has 5 nitrogen and oxygen atoms in total. The summed E-state index contributed by atoms with van der Waals surface area (Å²) in [6.45, 7) is 8.39. The van der Waals surface area contributed by atoms with Crippen molar-refractivity contribution in [3.63, 3.8) is 0 Å². The Labute approximate surface area is 141 Å². The summed E-state index contributed by atoms with van der Waals surface area (Å²) in [6.07, 6.45) is 2.26. The Kier molecular flexibility index (Phi) is 5.60. The maximum atomic E-state index is 11.7. The Bertz CT molecular complexity index is 645. The fraction of sp³-hybridized carbons (Fsp3) is 0.412. The molecule has 0 bridgehead atoms. The van der Waals surface area contributed by atoms with Crippen LogP contribution in [0.3, 0.4) is 0 Å². The minimum atomic E-state index is -0.524. The molecule has 1 amide bonds. The fourth-order valence-electron chi connectivity index (χ4n) is 1.88. The van der Waals surface area contributed by atoms with Crippen molar-refractivity contribution in [2.24, 2.45) is 0 Å². The zero-order chi connectivity index (χ0) is 16.9. The highest BCUT2D eigenvalue weighted by Crippen LogP contribution is 2.19. The van der Waals surface area contributed by atoms with Crippen molar-refractivity contribution >= 4 is 28.9 Å². The number of aryl methyl sites for hydroxylation is 1. The van der Waals surface area contributed by atoms with Gasteiger partial charge in [0.25, 0.3) is 0 Å². The van der Waals surface area contributed by atoms with E-state index in [4.69, 9.17) is 4.74 Å². The molecule has 0 aliphatic rings. The van der Waals surface area contributed by atoms with Crippen molar-refractivity contribution in [2.45, 2.75) is 46.3 Å². The van der Waals surface area contributed by atoms with Crippen LogP contribution in [-0.4, -0.2) is 16.7 Å². The molecule has 0 fully saturated rings. The smallest absolute Gasteiger partial charge is 0.413 e. The lowest BCUT2D eigenvalue weighted by molar-refractivity contribution is 0.0635. The number of rotatable bonds is 5. The number of carbonyl (C=O) groups excluding carboxylic acids is 1. The van der Waals surface area contributed by atoms with E-state index in [-0.39, 0.29) is 0 Å². The van der Waals surface area contributed by atoms with Gasteiger partial charge in [-0.3, -0.25) is 5.32 Å². The van der Waals surface area contributed by atoms with Crippen LogP contribution in [0.1, 0.15) is 37.4 Å². The molecule has 0 spiro atoms. The third-order valence-electron chi connectivity index (χ3n) is 2.93. The molecule has 0 unspecified atom stereocenters. The van der Waals surface area contributed by atoms with Crippen LogP contribution in [-0.2, 0) is 17.7 Å². The van der Waals surface area contributed by atoms with Gasteiger partial charge in [0.15, 0.2) is 0 Å². The lowest BCUT2D eigenvalue weighted by atomic mass is 10.2. The highest BCUT2D eigenvalue weighted by Gasteiger charge is 2.16. The summed E-state index contributed by atoms with van der Waals surface area (Å²) in [7, 11) is 0. The highest BCUT2D eigenvalue weighted by atomic mass is 32.1. The maximum absolute atomic E-state index is 11.7. The predicted molar refractivity (Wildman–Crippen MR) is 95.1 cm³/mol. The number of nitrogens with one attached hydrogen (secondary N) is 2. The van der Waals surface area contributed by atoms with Crippen LogP contribution in [0.4, 0.5) is 16.3 Å². The van der Waals surface area contributed by atoms with Gasteiger partial charge in [-0.05, 0) is 51.5 Å². The molecule has 2 N–H and O–H groups in total. The second-order valence-corrected chi connectivity index (χ2v) is 7.39. The van der Waals surface area contributed by atoms with E-state index in [9.17, 15) is 4.79 Å². The van der Waals surface area contributed by atoms with E-state index in [0.717, 1.165) is 18.7 Å². The van der Waals surface area contributed by atoms with Gasteiger partial charge in [-0.15, -0.1) is 11.3 Å². The molecule has 23 heavy (non-hydrogen) atoms. The first-order chi connectivity index (χ1) is 10.9. The van der Waals surface area contributed by atoms with E-state index in [0.29, 0.717) is 5.82 Å². The molecule has 0 aromatic carbocycles. The van der Waals surface area contributed by atoms with Crippen molar-refractivity contribution in [2.75, 3.05) is 10.6 Å². The van der Waals surface area contributed by atoms with Crippen LogP contribution >= 0.6 is 11.3 Å². The van der Waals surface area contributed by atoms with E-state index in [1.165, 1.54) is 9.75 Å². The summed E-state index contributed by atoms with van der Waals surface area (Å²) in [5.41, 5.74) is 0.384. The average molecular weight is 333 g/mol. The first kappa shape index (κ1) is 17.3. The van der Waals surface area contributed by atoms with Gasteiger partial charge in [-0.2, -0.15) is 0 Å². The van der Waals surface area contributed by atoms with Crippen LogP contribution < -0.4 is 10.6 Å². The summed E-state index contributed by atoms with van der Waals surface area (Å²) < 4.78 is 5.19. The van der Waals surface area contributed by atoms with E-state index < -0.39 is 11.7 Å². The van der Waals surface area contributed by atoms with Crippen LogP contribution in [0.25, 0.3) is 0 Å². The summed E-state index contributed by atoms with van der Waals surface area (Å²) in [5, 5.41) is 5.93. The topological polar surface area (TPSA) is 63.2 Å². The average Bonchev–Trinajstić information content (AvgIpc) is 2.92. The van der Waals surface area contributed by atoms with Gasteiger partial charge in [0.05, 0.1) is 11.9 Å². The summed E-state index contributed by atoms with van der Waals surface area (Å²) >= 11 is 1.81. The van der Waals surface area contributed by atoms with Gasteiger partial charge in [-0.1, -0.05) is 6.92 Å². The number of pyridine rings is 1. The Morgan fingerprint density at radius 2 is 1.96 bits per heavy atom. The van der Waals surface area contributed by atoms with Gasteiger partial charge in [-0.25, -0.2) is 9.78 Å². The van der Waals surface area contributed by atoms with Gasteiger partial charge < -0.3 is 10.1 Å². The molecule has 2 rings (SSSR count). The van der Waals surface area contributed by atoms with Crippen molar-refractivity contribution in [3.05, 3.63) is 40.2 Å². The number of ether oxygens (including phenoxy) is 1. The number of carbonyl (C=O) groups is 1. The molecule has 0 saturated carbocycles. The van der Waals surface area contributed by atoms with Crippen molar-refractivity contribution < 1.29 is 9.53 Å². The molecular weight excluding hydrogens is 310 g/mol. The van der Waals surface area contributed by atoms with E-state index in [1.54, 1.807) is 12.3 Å². The van der Waals surface area contributed by atoms with Crippen molar-refractivity contribution in [1.82, 2.24) is 4.98 Å². The number of amides is 1. The van der Waals surface area contributed by atoms with E-state index in [1.807, 2.05) is 38.2 Å². The Morgan fingerprint density at radius 1 is 1.22 bits per heavy atom. The zero-order valence-corrected chi connectivity index (χ0v) is 14.8. The number of thiophene rings is 1. The van der Waals surface area contributed by atoms with Gasteiger partial charge >= 0.3 is 6.09 Å². The molecule has 6 heteroatoms. The second kappa shape index (κ2) is 7.46.